The number of rotatable bonds is 6. The van der Waals surface area contributed by atoms with Crippen molar-refractivity contribution < 1.29 is 22.3 Å². The summed E-state index contributed by atoms with van der Waals surface area (Å²) in [6, 6.07) is 19.2. The van der Waals surface area contributed by atoms with E-state index in [0.29, 0.717) is 5.56 Å². The van der Waals surface area contributed by atoms with Crippen LogP contribution in [0.3, 0.4) is 0 Å². The molecule has 6 nitrogen and oxygen atoms in total. The Morgan fingerprint density at radius 1 is 0.929 bits per heavy atom. The molecule has 0 heterocycles. The molecule has 0 aliphatic carbocycles. The molecule has 3 aromatic rings. The van der Waals surface area contributed by atoms with Crippen LogP contribution in [0.1, 0.15) is 15.9 Å². The molecule has 0 spiro atoms. The van der Waals surface area contributed by atoms with Gasteiger partial charge >= 0.3 is 5.97 Å². The van der Waals surface area contributed by atoms with E-state index in [2.05, 4.69) is 9.93 Å². The van der Waals surface area contributed by atoms with Crippen molar-refractivity contribution in [2.24, 2.45) is 5.10 Å². The molecule has 0 fully saturated rings. The third kappa shape index (κ3) is 5.01. The first-order valence-electron chi connectivity index (χ1n) is 8.12. The molecule has 0 unspecified atom stereocenters. The van der Waals surface area contributed by atoms with E-state index >= 15 is 0 Å². The van der Waals surface area contributed by atoms with Gasteiger partial charge in [0.25, 0.3) is 10.0 Å². The third-order valence-corrected chi connectivity index (χ3v) is 4.85. The number of benzene rings is 3. The second-order valence-electron chi connectivity index (χ2n) is 5.63. The van der Waals surface area contributed by atoms with Crippen LogP contribution in [-0.4, -0.2) is 20.6 Å². The van der Waals surface area contributed by atoms with Crippen LogP contribution in [0.2, 0.25) is 0 Å². The molecule has 0 aromatic heterocycles. The highest BCUT2D eigenvalue weighted by Crippen LogP contribution is 2.14. The number of hydrogen-bond acceptors (Lipinski definition) is 5. The van der Waals surface area contributed by atoms with Gasteiger partial charge in [0.1, 0.15) is 11.6 Å². The van der Waals surface area contributed by atoms with Crippen LogP contribution >= 0.6 is 0 Å². The Morgan fingerprint density at radius 2 is 1.57 bits per heavy atom. The summed E-state index contributed by atoms with van der Waals surface area (Å²) in [5.41, 5.74) is 0.819. The second-order valence-corrected chi connectivity index (χ2v) is 7.29. The third-order valence-electron chi connectivity index (χ3n) is 3.61. The van der Waals surface area contributed by atoms with Gasteiger partial charge in [-0.25, -0.2) is 14.0 Å². The van der Waals surface area contributed by atoms with Crippen molar-refractivity contribution in [3.63, 3.8) is 0 Å². The zero-order valence-electron chi connectivity index (χ0n) is 14.4. The number of hydrogen-bond donors (Lipinski definition) is 1. The van der Waals surface area contributed by atoms with Crippen molar-refractivity contribution in [2.75, 3.05) is 0 Å². The SMILES string of the molecule is O=C(Oc1ccc(/C=N/NS(=O)(=O)c2ccccc2)cc1)c1ccc(F)cc1. The molecule has 0 aliphatic rings. The van der Waals surface area contributed by atoms with Gasteiger partial charge in [-0.1, -0.05) is 18.2 Å². The molecule has 1 N–H and O–H groups in total. The van der Waals surface area contributed by atoms with Gasteiger partial charge in [0.2, 0.25) is 0 Å². The molecule has 0 atom stereocenters. The lowest BCUT2D eigenvalue weighted by molar-refractivity contribution is 0.0734. The summed E-state index contributed by atoms with van der Waals surface area (Å²) < 4.78 is 42.2. The Hall–Kier alpha value is -3.52. The fourth-order valence-electron chi connectivity index (χ4n) is 2.20. The Kier molecular flexibility index (Phi) is 5.81. The van der Waals surface area contributed by atoms with E-state index in [1.807, 2.05) is 0 Å². The summed E-state index contributed by atoms with van der Waals surface area (Å²) in [5.74, 6) is -0.767. The number of nitrogens with zero attached hydrogens (tertiary/aromatic N) is 1. The minimum absolute atomic E-state index is 0.107. The predicted octanol–water partition coefficient (Wildman–Crippen LogP) is 3.36. The zero-order valence-corrected chi connectivity index (χ0v) is 15.3. The second kappa shape index (κ2) is 8.45. The van der Waals surface area contributed by atoms with Gasteiger partial charge in [0.15, 0.2) is 0 Å². The molecule has 0 saturated heterocycles. The maximum absolute atomic E-state index is 12.9. The highest BCUT2D eigenvalue weighted by atomic mass is 32.2. The Balaban J connectivity index is 1.60. The number of sulfonamides is 1. The van der Waals surface area contributed by atoms with E-state index in [-0.39, 0.29) is 16.2 Å². The van der Waals surface area contributed by atoms with Crippen molar-refractivity contribution in [1.82, 2.24) is 4.83 Å². The average molecular weight is 398 g/mol. The smallest absolute Gasteiger partial charge is 0.343 e. The summed E-state index contributed by atoms with van der Waals surface area (Å²) in [5, 5.41) is 3.73. The summed E-state index contributed by atoms with van der Waals surface area (Å²) in [4.78, 5) is 14.2. The molecule has 3 rings (SSSR count). The van der Waals surface area contributed by atoms with E-state index in [1.165, 1.54) is 54.7 Å². The zero-order chi connectivity index (χ0) is 20.0. The highest BCUT2D eigenvalue weighted by molar-refractivity contribution is 7.89. The summed E-state index contributed by atoms with van der Waals surface area (Å²) >= 11 is 0. The lowest BCUT2D eigenvalue weighted by atomic mass is 10.2. The number of halogens is 1. The molecule has 0 aliphatic heterocycles. The van der Waals surface area contributed by atoms with Crippen LogP contribution in [-0.2, 0) is 10.0 Å². The number of nitrogens with one attached hydrogen (secondary N) is 1. The number of esters is 1. The van der Waals surface area contributed by atoms with Crippen molar-refractivity contribution in [3.05, 3.63) is 95.8 Å². The van der Waals surface area contributed by atoms with Crippen molar-refractivity contribution in [3.8, 4) is 5.75 Å². The first-order valence-corrected chi connectivity index (χ1v) is 9.60. The van der Waals surface area contributed by atoms with Crippen LogP contribution in [0.5, 0.6) is 5.75 Å². The topological polar surface area (TPSA) is 84.8 Å². The molecule has 0 saturated carbocycles. The van der Waals surface area contributed by atoms with E-state index in [4.69, 9.17) is 4.74 Å². The Labute approximate surface area is 161 Å². The summed E-state index contributed by atoms with van der Waals surface area (Å²) in [6.07, 6.45) is 1.33. The van der Waals surface area contributed by atoms with Gasteiger partial charge < -0.3 is 4.74 Å². The van der Waals surface area contributed by atoms with Crippen LogP contribution in [0, 0.1) is 5.82 Å². The monoisotopic (exact) mass is 398 g/mol. The van der Waals surface area contributed by atoms with Gasteiger partial charge in [-0.2, -0.15) is 13.5 Å². The molecule has 3 aromatic carbocycles. The molecule has 0 bridgehead atoms. The normalized spacial score (nSPS) is 11.3. The van der Waals surface area contributed by atoms with Crippen LogP contribution in [0.15, 0.2) is 88.9 Å². The highest BCUT2D eigenvalue weighted by Gasteiger charge is 2.11. The molecule has 8 heteroatoms. The molecule has 28 heavy (non-hydrogen) atoms. The molecule has 0 radical (unpaired) electrons. The van der Waals surface area contributed by atoms with Crippen molar-refractivity contribution in [2.45, 2.75) is 4.90 Å². The van der Waals surface area contributed by atoms with Crippen LogP contribution < -0.4 is 9.57 Å². The Bertz CT molecular complexity index is 1080. The van der Waals surface area contributed by atoms with E-state index in [0.717, 1.165) is 0 Å². The van der Waals surface area contributed by atoms with E-state index < -0.39 is 21.8 Å². The number of carbonyl (C=O) groups is 1. The van der Waals surface area contributed by atoms with Crippen LogP contribution in [0.4, 0.5) is 4.39 Å². The van der Waals surface area contributed by atoms with Crippen LogP contribution in [0.25, 0.3) is 0 Å². The van der Waals surface area contributed by atoms with Gasteiger partial charge in [-0.3, -0.25) is 0 Å². The molecule has 0 amide bonds. The standard InChI is InChI=1S/C20H15FN2O4S/c21-17-10-8-16(9-11-17)20(24)27-18-12-6-15(7-13-18)14-22-23-28(25,26)19-4-2-1-3-5-19/h1-14,23H/b22-14+. The largest absolute Gasteiger partial charge is 0.423 e. The lowest BCUT2D eigenvalue weighted by Gasteiger charge is -2.05. The van der Waals surface area contributed by atoms with E-state index in [1.54, 1.807) is 30.3 Å². The summed E-state index contributed by atoms with van der Waals surface area (Å²) in [7, 11) is -3.73. The minimum Gasteiger partial charge on any atom is -0.423 e. The van der Waals surface area contributed by atoms with Gasteiger partial charge in [-0.15, -0.1) is 0 Å². The number of ether oxygens (including phenoxy) is 1. The summed E-state index contributed by atoms with van der Waals surface area (Å²) in [6.45, 7) is 0. The maximum Gasteiger partial charge on any atom is 0.343 e. The van der Waals surface area contributed by atoms with E-state index in [9.17, 15) is 17.6 Å². The predicted molar refractivity (Wildman–Crippen MR) is 102 cm³/mol. The van der Waals surface area contributed by atoms with Crippen molar-refractivity contribution >= 4 is 22.2 Å². The lowest BCUT2D eigenvalue weighted by Crippen LogP contribution is -2.18. The number of hydrazone groups is 1. The van der Waals surface area contributed by atoms with Crippen molar-refractivity contribution in [1.29, 1.82) is 0 Å². The maximum atomic E-state index is 12.9. The number of carbonyl (C=O) groups excluding carboxylic acids is 1. The van der Waals surface area contributed by atoms with Gasteiger partial charge in [0, 0.05) is 0 Å². The first kappa shape index (κ1) is 19.2. The first-order chi connectivity index (χ1) is 13.4. The minimum atomic E-state index is -3.73. The average Bonchev–Trinajstić information content (AvgIpc) is 2.70. The van der Waals surface area contributed by atoms with Gasteiger partial charge in [-0.05, 0) is 66.2 Å². The quantitative estimate of drug-likeness (QED) is 0.299. The fraction of sp³-hybridized carbons (Fsp3) is 0. The Morgan fingerprint density at radius 3 is 2.21 bits per heavy atom. The van der Waals surface area contributed by atoms with Gasteiger partial charge in [0.05, 0.1) is 16.7 Å². The fourth-order valence-corrected chi connectivity index (χ4v) is 3.01. The molecular weight excluding hydrogens is 383 g/mol. The molecule has 142 valence electrons. The molecular formula is C20H15FN2O4S.